The minimum Gasteiger partial charge on any atom is -0.381 e. The van der Waals surface area contributed by atoms with Crippen LogP contribution in [0.15, 0.2) is 0 Å². The average Bonchev–Trinajstić information content (AvgIpc) is 2.19. The van der Waals surface area contributed by atoms with E-state index in [1.54, 1.807) is 0 Å². The van der Waals surface area contributed by atoms with Gasteiger partial charge in [0.25, 0.3) is 0 Å². The Morgan fingerprint density at radius 2 is 2.15 bits per heavy atom. The summed E-state index contributed by atoms with van der Waals surface area (Å²) < 4.78 is 10.2. The third-order valence-electron chi connectivity index (χ3n) is 2.18. The van der Waals surface area contributed by atoms with Crippen LogP contribution in [0.1, 0.15) is 12.8 Å². The van der Waals surface area contributed by atoms with Gasteiger partial charge in [0.1, 0.15) is 6.61 Å². The molecule has 0 aromatic heterocycles. The lowest BCUT2D eigenvalue weighted by atomic mass is 9.96. The van der Waals surface area contributed by atoms with Crippen LogP contribution in [0.4, 0.5) is 0 Å². The number of carbonyl (C=O) groups is 1. The normalized spacial score (nSPS) is 18.8. The van der Waals surface area contributed by atoms with Crippen molar-refractivity contribution in [3.05, 3.63) is 0 Å². The lowest BCUT2D eigenvalue weighted by Gasteiger charge is -2.20. The maximum Gasteiger partial charge on any atom is 0.161 e. The van der Waals surface area contributed by atoms with Crippen molar-refractivity contribution in [2.24, 2.45) is 11.7 Å². The van der Waals surface area contributed by atoms with E-state index in [-0.39, 0.29) is 18.3 Å². The number of ether oxygens (including phenoxy) is 2. The first kappa shape index (κ1) is 10.6. The van der Waals surface area contributed by atoms with Gasteiger partial charge < -0.3 is 15.2 Å². The zero-order valence-electron chi connectivity index (χ0n) is 7.83. The highest BCUT2D eigenvalue weighted by atomic mass is 16.5. The molecule has 0 aromatic rings. The van der Waals surface area contributed by atoms with E-state index < -0.39 is 0 Å². The molecule has 0 unspecified atom stereocenters. The maximum atomic E-state index is 11.5. The van der Waals surface area contributed by atoms with E-state index in [1.807, 2.05) is 0 Å². The summed E-state index contributed by atoms with van der Waals surface area (Å²) in [6.45, 7) is 2.55. The molecule has 1 fully saturated rings. The van der Waals surface area contributed by atoms with Crippen LogP contribution in [0.3, 0.4) is 0 Å². The van der Waals surface area contributed by atoms with Crippen LogP contribution in [0.25, 0.3) is 0 Å². The van der Waals surface area contributed by atoms with Gasteiger partial charge in [0, 0.05) is 25.7 Å². The lowest BCUT2D eigenvalue weighted by molar-refractivity contribution is -0.130. The summed E-state index contributed by atoms with van der Waals surface area (Å²) in [5.74, 6) is 0.336. The molecule has 13 heavy (non-hydrogen) atoms. The second-order valence-corrected chi connectivity index (χ2v) is 3.19. The van der Waals surface area contributed by atoms with Crippen LogP contribution in [0.5, 0.6) is 0 Å². The Morgan fingerprint density at radius 1 is 1.46 bits per heavy atom. The molecule has 0 radical (unpaired) electrons. The summed E-state index contributed by atoms with van der Waals surface area (Å²) in [6, 6.07) is 0. The fourth-order valence-corrected chi connectivity index (χ4v) is 1.39. The van der Waals surface area contributed by atoms with E-state index in [1.165, 1.54) is 0 Å². The Bertz CT molecular complexity index is 155. The van der Waals surface area contributed by atoms with Gasteiger partial charge in [0.2, 0.25) is 0 Å². The van der Waals surface area contributed by atoms with Gasteiger partial charge in [0.05, 0.1) is 6.61 Å². The molecule has 0 aromatic carbocycles. The van der Waals surface area contributed by atoms with E-state index >= 15 is 0 Å². The van der Waals surface area contributed by atoms with Crippen LogP contribution < -0.4 is 5.73 Å². The first-order valence-corrected chi connectivity index (χ1v) is 4.73. The Balaban J connectivity index is 2.13. The van der Waals surface area contributed by atoms with Gasteiger partial charge in [-0.05, 0) is 12.8 Å². The van der Waals surface area contributed by atoms with Crippen LogP contribution in [-0.2, 0) is 14.3 Å². The summed E-state index contributed by atoms with van der Waals surface area (Å²) in [4.78, 5) is 11.5. The van der Waals surface area contributed by atoms with Crippen LogP contribution in [0, 0.1) is 5.92 Å². The molecule has 4 nitrogen and oxygen atoms in total. The highest BCUT2D eigenvalue weighted by molar-refractivity contribution is 5.82. The second-order valence-electron chi connectivity index (χ2n) is 3.19. The number of ketones is 1. The molecule has 0 aliphatic carbocycles. The summed E-state index contributed by atoms with van der Waals surface area (Å²) in [7, 11) is 0. The third-order valence-corrected chi connectivity index (χ3v) is 2.18. The summed E-state index contributed by atoms with van der Waals surface area (Å²) in [5, 5.41) is 0. The van der Waals surface area contributed by atoms with Crippen LogP contribution in [-0.4, -0.2) is 38.8 Å². The molecule has 0 amide bonds. The van der Waals surface area contributed by atoms with Crippen molar-refractivity contribution in [1.29, 1.82) is 0 Å². The molecular weight excluding hydrogens is 170 g/mol. The van der Waals surface area contributed by atoms with E-state index in [2.05, 4.69) is 0 Å². The zero-order chi connectivity index (χ0) is 9.52. The number of hydrogen-bond donors (Lipinski definition) is 1. The molecule has 1 aliphatic heterocycles. The summed E-state index contributed by atoms with van der Waals surface area (Å²) in [6.07, 6.45) is 1.68. The van der Waals surface area contributed by atoms with Crippen molar-refractivity contribution in [1.82, 2.24) is 0 Å². The van der Waals surface area contributed by atoms with Gasteiger partial charge in [-0.25, -0.2) is 0 Å². The van der Waals surface area contributed by atoms with Crippen molar-refractivity contribution in [2.75, 3.05) is 33.0 Å². The second kappa shape index (κ2) is 6.07. The van der Waals surface area contributed by atoms with E-state index in [0.29, 0.717) is 26.4 Å². The summed E-state index contributed by atoms with van der Waals surface area (Å²) in [5.41, 5.74) is 5.24. The molecule has 1 saturated heterocycles. The maximum absolute atomic E-state index is 11.5. The predicted octanol–water partition coefficient (Wildman–Crippen LogP) is -0.0426. The monoisotopic (exact) mass is 187 g/mol. The number of rotatable bonds is 5. The zero-order valence-corrected chi connectivity index (χ0v) is 7.83. The molecular formula is C9H17NO3. The Labute approximate surface area is 78.4 Å². The minimum absolute atomic E-state index is 0.145. The van der Waals surface area contributed by atoms with Crippen molar-refractivity contribution < 1.29 is 14.3 Å². The topological polar surface area (TPSA) is 61.5 Å². The fourth-order valence-electron chi connectivity index (χ4n) is 1.39. The molecule has 1 heterocycles. The third kappa shape index (κ3) is 3.85. The van der Waals surface area contributed by atoms with Gasteiger partial charge >= 0.3 is 0 Å². The molecule has 2 N–H and O–H groups in total. The molecule has 4 heteroatoms. The quantitative estimate of drug-likeness (QED) is 0.613. The van der Waals surface area contributed by atoms with E-state index in [4.69, 9.17) is 15.2 Å². The van der Waals surface area contributed by atoms with Crippen molar-refractivity contribution in [2.45, 2.75) is 12.8 Å². The molecule has 1 aliphatic rings. The van der Waals surface area contributed by atoms with Crippen molar-refractivity contribution in [3.63, 3.8) is 0 Å². The SMILES string of the molecule is NCCOCC(=O)C1CCOCC1. The van der Waals surface area contributed by atoms with Gasteiger partial charge in [-0.1, -0.05) is 0 Å². The standard InChI is InChI=1S/C9H17NO3/c10-3-6-13-7-9(11)8-1-4-12-5-2-8/h8H,1-7,10H2. The van der Waals surface area contributed by atoms with Crippen LogP contribution in [0.2, 0.25) is 0 Å². The minimum atomic E-state index is 0.145. The Morgan fingerprint density at radius 3 is 2.77 bits per heavy atom. The van der Waals surface area contributed by atoms with Gasteiger partial charge in [-0.3, -0.25) is 4.79 Å². The van der Waals surface area contributed by atoms with Gasteiger partial charge in [-0.15, -0.1) is 0 Å². The molecule has 0 atom stereocenters. The van der Waals surface area contributed by atoms with Crippen molar-refractivity contribution in [3.8, 4) is 0 Å². The summed E-state index contributed by atoms with van der Waals surface area (Å²) >= 11 is 0. The molecule has 1 rings (SSSR count). The van der Waals surface area contributed by atoms with Crippen molar-refractivity contribution >= 4 is 5.78 Å². The van der Waals surface area contributed by atoms with Gasteiger partial charge in [0.15, 0.2) is 5.78 Å². The largest absolute Gasteiger partial charge is 0.381 e. The molecule has 0 spiro atoms. The molecule has 0 saturated carbocycles. The highest BCUT2D eigenvalue weighted by Gasteiger charge is 2.20. The number of carbonyl (C=O) groups excluding carboxylic acids is 1. The first-order chi connectivity index (χ1) is 6.34. The van der Waals surface area contributed by atoms with Gasteiger partial charge in [-0.2, -0.15) is 0 Å². The lowest BCUT2D eigenvalue weighted by Crippen LogP contribution is -2.27. The molecule has 76 valence electrons. The smallest absolute Gasteiger partial charge is 0.161 e. The van der Waals surface area contributed by atoms with E-state index in [9.17, 15) is 4.79 Å². The number of nitrogens with two attached hydrogens (primary N) is 1. The number of Topliss-reactive ketones (excluding diaryl/α,β-unsaturated/α-hetero) is 1. The predicted molar refractivity (Wildman–Crippen MR) is 48.4 cm³/mol. The Kier molecular flexibility index (Phi) is 4.97. The average molecular weight is 187 g/mol. The molecule has 0 bridgehead atoms. The van der Waals surface area contributed by atoms with E-state index in [0.717, 1.165) is 12.8 Å². The first-order valence-electron chi connectivity index (χ1n) is 4.73. The highest BCUT2D eigenvalue weighted by Crippen LogP contribution is 2.15. The number of hydrogen-bond acceptors (Lipinski definition) is 4. The van der Waals surface area contributed by atoms with Crippen LogP contribution >= 0.6 is 0 Å². The fraction of sp³-hybridized carbons (Fsp3) is 0.889. The Hall–Kier alpha value is -0.450.